The predicted octanol–water partition coefficient (Wildman–Crippen LogP) is 0.743. The fourth-order valence-corrected chi connectivity index (χ4v) is 2.98. The topological polar surface area (TPSA) is 116 Å². The van der Waals surface area contributed by atoms with Crippen LogP contribution in [0.4, 0.5) is 4.39 Å². The Hall–Kier alpha value is -3.53. The molecule has 1 aromatic heterocycles. The van der Waals surface area contributed by atoms with Gasteiger partial charge < -0.3 is 10.3 Å². The molecule has 2 N–H and O–H groups in total. The number of nitrogens with one attached hydrogen (secondary N) is 1. The second kappa shape index (κ2) is 7.24. The number of rotatable bonds is 6. The minimum absolute atomic E-state index is 0.0587. The van der Waals surface area contributed by atoms with Crippen LogP contribution in [0.2, 0.25) is 0 Å². The van der Waals surface area contributed by atoms with Crippen molar-refractivity contribution in [3.8, 4) is 22.9 Å². The van der Waals surface area contributed by atoms with Crippen LogP contribution in [-0.2, 0) is 13.1 Å². The van der Waals surface area contributed by atoms with E-state index in [4.69, 9.17) is 5.11 Å². The van der Waals surface area contributed by atoms with E-state index in [0.717, 1.165) is 5.56 Å². The molecule has 3 heterocycles. The van der Waals surface area contributed by atoms with Gasteiger partial charge in [-0.05, 0) is 29.1 Å². The normalized spacial score (nSPS) is 11.4. The van der Waals surface area contributed by atoms with Crippen molar-refractivity contribution in [2.45, 2.75) is 19.5 Å². The number of benzene rings is 1. The smallest absolute Gasteiger partial charge is 0.339 e. The Morgan fingerprint density at radius 1 is 1.32 bits per heavy atom. The van der Waals surface area contributed by atoms with Crippen LogP contribution in [0.1, 0.15) is 12.0 Å². The summed E-state index contributed by atoms with van der Waals surface area (Å²) in [5.41, 5.74) is 1.02. The zero-order valence-corrected chi connectivity index (χ0v) is 14.7. The van der Waals surface area contributed by atoms with E-state index in [2.05, 4.69) is 15.1 Å². The van der Waals surface area contributed by atoms with Gasteiger partial charge in [0.15, 0.2) is 0 Å². The van der Waals surface area contributed by atoms with E-state index in [1.54, 1.807) is 23.0 Å². The molecule has 0 radical (unpaired) electrons. The van der Waals surface area contributed by atoms with Gasteiger partial charge in [-0.15, -0.1) is 0 Å². The molecule has 0 fully saturated rings. The van der Waals surface area contributed by atoms with Crippen molar-refractivity contribution >= 4 is 0 Å². The molecule has 0 saturated carbocycles. The number of fused-ring (bicyclic) bond motifs is 1. The lowest BCUT2D eigenvalue weighted by atomic mass is 10.2. The van der Waals surface area contributed by atoms with E-state index >= 15 is 0 Å². The molecule has 0 amide bonds. The van der Waals surface area contributed by atoms with E-state index in [9.17, 15) is 14.4 Å². The van der Waals surface area contributed by atoms with Crippen molar-refractivity contribution in [3.05, 3.63) is 69.9 Å². The van der Waals surface area contributed by atoms with E-state index in [1.165, 1.54) is 29.1 Å². The standard InChI is InChI=1S/C18H17FN6O3/c19-14-4-1-3-12(7-14)9-24-10-13(8-20-24)17-21-16-15(25(17)28)11-23(5-2-6-26)18(27)22-16/h1,3-4,7-8,10-11,26H,2,5-6,9H2,(H,21,22,27). The molecule has 28 heavy (non-hydrogen) atoms. The third kappa shape index (κ3) is 3.37. The summed E-state index contributed by atoms with van der Waals surface area (Å²) in [5.74, 6) is -0.0473. The van der Waals surface area contributed by atoms with Gasteiger partial charge in [-0.25, -0.2) is 13.9 Å². The fraction of sp³-hybridized carbons (Fsp3) is 0.222. The number of aliphatic hydroxyl groups is 1. The highest BCUT2D eigenvalue weighted by molar-refractivity contribution is 5.56. The summed E-state index contributed by atoms with van der Waals surface area (Å²) >= 11 is 0. The van der Waals surface area contributed by atoms with Crippen LogP contribution in [0.25, 0.3) is 22.9 Å². The van der Waals surface area contributed by atoms with E-state index in [-0.39, 0.29) is 36.3 Å². The lowest BCUT2D eigenvalue weighted by Gasteiger charge is -2.06. The molecule has 0 atom stereocenters. The Morgan fingerprint density at radius 2 is 2.18 bits per heavy atom. The van der Waals surface area contributed by atoms with E-state index in [1.807, 2.05) is 0 Å². The van der Waals surface area contributed by atoms with Gasteiger partial charge in [0.1, 0.15) is 11.4 Å². The predicted molar refractivity (Wildman–Crippen MR) is 96.9 cm³/mol. The van der Waals surface area contributed by atoms with Gasteiger partial charge in [-0.3, -0.25) is 14.2 Å². The second-order valence-corrected chi connectivity index (χ2v) is 6.35. The first kappa shape index (κ1) is 17.9. The number of aromatic amines is 1. The van der Waals surface area contributed by atoms with Gasteiger partial charge in [0, 0.05) is 19.3 Å². The Kier molecular flexibility index (Phi) is 4.62. The molecule has 1 aromatic carbocycles. The van der Waals surface area contributed by atoms with Gasteiger partial charge in [-0.1, -0.05) is 12.1 Å². The number of aromatic nitrogens is 6. The van der Waals surface area contributed by atoms with Crippen LogP contribution < -0.4 is 10.4 Å². The molecular formula is C18H17FN6O3. The molecule has 2 aliphatic rings. The van der Waals surface area contributed by atoms with Crippen molar-refractivity contribution in [1.29, 1.82) is 0 Å². The largest absolute Gasteiger partial charge is 0.710 e. The highest BCUT2D eigenvalue weighted by Crippen LogP contribution is 2.20. The summed E-state index contributed by atoms with van der Waals surface area (Å²) in [7, 11) is 0. The quantitative estimate of drug-likeness (QED) is 0.376. The first-order valence-electron chi connectivity index (χ1n) is 8.66. The third-order valence-corrected chi connectivity index (χ3v) is 4.32. The number of imidazole rings is 1. The first-order valence-corrected chi connectivity index (χ1v) is 8.66. The van der Waals surface area contributed by atoms with Crippen molar-refractivity contribution in [3.63, 3.8) is 0 Å². The van der Waals surface area contributed by atoms with Crippen LogP contribution in [0.15, 0.2) is 47.7 Å². The summed E-state index contributed by atoms with van der Waals surface area (Å²) in [6, 6.07) is 6.18. The zero-order chi connectivity index (χ0) is 19.7. The number of hydrogen-bond acceptors (Lipinski definition) is 5. The number of nitrogens with zero attached hydrogens (tertiary/aromatic N) is 5. The maximum absolute atomic E-state index is 13.3. The average molecular weight is 384 g/mol. The third-order valence-electron chi connectivity index (χ3n) is 4.32. The molecule has 4 rings (SSSR count). The lowest BCUT2D eigenvalue weighted by molar-refractivity contribution is -0.580. The summed E-state index contributed by atoms with van der Waals surface area (Å²) < 4.78 is 16.9. The summed E-state index contributed by atoms with van der Waals surface area (Å²) in [5, 5.41) is 25.8. The van der Waals surface area contributed by atoms with Gasteiger partial charge in [-0.2, -0.15) is 5.10 Å². The fourth-order valence-electron chi connectivity index (χ4n) is 2.98. The molecule has 2 aliphatic heterocycles. The number of halogens is 1. The monoisotopic (exact) mass is 384 g/mol. The van der Waals surface area contributed by atoms with Crippen molar-refractivity contribution in [2.24, 2.45) is 0 Å². The molecule has 144 valence electrons. The Bertz CT molecular complexity index is 1150. The maximum Gasteiger partial charge on any atom is 0.339 e. The van der Waals surface area contributed by atoms with Gasteiger partial charge in [0.25, 0.3) is 5.82 Å². The Morgan fingerprint density at radius 3 is 2.96 bits per heavy atom. The van der Waals surface area contributed by atoms with E-state index in [0.29, 0.717) is 23.3 Å². The Balaban J connectivity index is 1.66. The molecular weight excluding hydrogens is 367 g/mol. The highest BCUT2D eigenvalue weighted by atomic mass is 19.1. The Labute approximate surface area is 158 Å². The summed E-state index contributed by atoms with van der Waals surface area (Å²) in [6.45, 7) is 0.569. The molecule has 0 unspecified atom stereocenters. The first-order chi connectivity index (χ1) is 13.5. The van der Waals surface area contributed by atoms with Crippen LogP contribution in [0.3, 0.4) is 0 Å². The number of aliphatic hydroxyl groups excluding tert-OH is 1. The van der Waals surface area contributed by atoms with E-state index < -0.39 is 5.69 Å². The van der Waals surface area contributed by atoms with Crippen LogP contribution in [0, 0.1) is 11.0 Å². The molecule has 0 bridgehead atoms. The maximum atomic E-state index is 13.3. The van der Waals surface area contributed by atoms with Crippen LogP contribution in [0.5, 0.6) is 0 Å². The van der Waals surface area contributed by atoms with Gasteiger partial charge >= 0.3 is 11.5 Å². The molecule has 2 aromatic rings. The zero-order valence-electron chi connectivity index (χ0n) is 14.7. The summed E-state index contributed by atoms with van der Waals surface area (Å²) in [6.07, 6.45) is 4.95. The van der Waals surface area contributed by atoms with Crippen molar-refractivity contribution in [2.75, 3.05) is 6.61 Å². The molecule has 10 heteroatoms. The number of hydrogen-bond donors (Lipinski definition) is 2. The molecule has 9 nitrogen and oxygen atoms in total. The van der Waals surface area contributed by atoms with Gasteiger partial charge in [0.2, 0.25) is 5.69 Å². The average Bonchev–Trinajstić information content (AvgIpc) is 3.24. The number of H-pyrrole nitrogens is 1. The van der Waals surface area contributed by atoms with Gasteiger partial charge in [0.05, 0.1) is 18.9 Å². The second-order valence-electron chi connectivity index (χ2n) is 6.35. The van der Waals surface area contributed by atoms with Crippen molar-refractivity contribution < 1.29 is 14.2 Å². The van der Waals surface area contributed by atoms with Crippen molar-refractivity contribution in [1.82, 2.24) is 24.3 Å². The lowest BCUT2D eigenvalue weighted by Crippen LogP contribution is -2.32. The minimum Gasteiger partial charge on any atom is -0.710 e. The minimum atomic E-state index is -0.410. The highest BCUT2D eigenvalue weighted by Gasteiger charge is 2.27. The summed E-state index contributed by atoms with van der Waals surface area (Å²) in [4.78, 5) is 18.9. The molecule has 0 aliphatic carbocycles. The number of aryl methyl sites for hydroxylation is 1. The molecule has 0 spiro atoms. The molecule has 0 saturated heterocycles. The van der Waals surface area contributed by atoms with Crippen LogP contribution >= 0.6 is 0 Å². The van der Waals surface area contributed by atoms with Crippen LogP contribution in [-0.4, -0.2) is 36.0 Å². The SMILES string of the molecule is O=c1[nH]c2nc(-c3cnn(Cc4cccc(F)c4)c3)[n+]([O-])c-2cn1CCCO.